The van der Waals surface area contributed by atoms with Crippen LogP contribution in [0.1, 0.15) is 81.1 Å². The van der Waals surface area contributed by atoms with Gasteiger partial charge in [-0.05, 0) is 79.6 Å². The van der Waals surface area contributed by atoms with E-state index in [1.165, 1.54) is 14.0 Å². The largest absolute Gasteiger partial charge is 0.458 e. The van der Waals surface area contributed by atoms with Gasteiger partial charge in [0.15, 0.2) is 17.7 Å². The normalized spacial score (nSPS) is 37.6. The number of aryl methyl sites for hydroxylation is 1. The summed E-state index contributed by atoms with van der Waals surface area (Å²) >= 11 is 0. The van der Waals surface area contributed by atoms with Crippen LogP contribution in [0.2, 0.25) is 0 Å². The third kappa shape index (κ3) is 9.39. The lowest BCUT2D eigenvalue weighted by Gasteiger charge is -2.48. The second-order valence-corrected chi connectivity index (χ2v) is 17.2. The number of amides is 1. The molecule has 1 amide bonds. The minimum Gasteiger partial charge on any atom is -0.458 e. The monoisotopic (exact) mass is 828 g/mol. The molecule has 328 valence electrons. The summed E-state index contributed by atoms with van der Waals surface area (Å²) in [6, 6.07) is 3.96. The second-order valence-electron chi connectivity index (χ2n) is 17.2. The summed E-state index contributed by atoms with van der Waals surface area (Å²) in [5.74, 6) is -5.32. The number of rotatable bonds is 11. The van der Waals surface area contributed by atoms with Gasteiger partial charge in [-0.15, -0.1) is 5.10 Å². The molecule has 14 atom stereocenters. The number of ketones is 2. The van der Waals surface area contributed by atoms with Crippen LogP contribution < -0.4 is 0 Å². The number of fused-ring (bicyclic) bond motifs is 1. The average Bonchev–Trinajstić information content (AvgIpc) is 3.79. The van der Waals surface area contributed by atoms with Crippen molar-refractivity contribution in [1.82, 2.24) is 29.8 Å². The van der Waals surface area contributed by atoms with E-state index in [0.29, 0.717) is 30.8 Å². The molecule has 0 radical (unpaired) electrons. The predicted octanol–water partition coefficient (Wildman–Crippen LogP) is 3.30. The van der Waals surface area contributed by atoms with Crippen molar-refractivity contribution in [1.29, 1.82) is 0 Å². The summed E-state index contributed by atoms with van der Waals surface area (Å²) in [6.07, 6.45) is -2.19. The fourth-order valence-electron chi connectivity index (χ4n) is 9.39. The zero-order valence-corrected chi connectivity index (χ0v) is 36.3. The van der Waals surface area contributed by atoms with Crippen LogP contribution in [0.15, 0.2) is 30.6 Å². The fourth-order valence-corrected chi connectivity index (χ4v) is 9.39. The Kier molecular flexibility index (Phi) is 14.7. The molecule has 5 heterocycles. The molecule has 3 aliphatic heterocycles. The maximum Gasteiger partial charge on any atom is 0.410 e. The highest BCUT2D eigenvalue weighted by Gasteiger charge is 2.60. The average molecular weight is 829 g/mol. The van der Waals surface area contributed by atoms with Gasteiger partial charge in [0.2, 0.25) is 0 Å². The molecule has 0 aromatic carbocycles. The highest BCUT2D eigenvalue weighted by Crippen LogP contribution is 2.43. The van der Waals surface area contributed by atoms with Crippen molar-refractivity contribution in [2.45, 2.75) is 148 Å². The van der Waals surface area contributed by atoms with Gasteiger partial charge < -0.3 is 43.7 Å². The number of Topliss-reactive ketones (excluding diaryl/α,β-unsaturated/α-hetero) is 2. The molecule has 0 aliphatic carbocycles. The maximum absolute atomic E-state index is 14.7. The number of carbonyl (C=O) groups is 4. The Balaban J connectivity index is 1.44. The van der Waals surface area contributed by atoms with E-state index in [0.717, 1.165) is 0 Å². The van der Waals surface area contributed by atoms with E-state index in [-0.39, 0.29) is 25.2 Å². The van der Waals surface area contributed by atoms with Crippen LogP contribution in [-0.4, -0.2) is 151 Å². The SMILES string of the molecule is CCC1OC(=O)[C@H](C)C(=O)[C@H](C)[C@@H](O[C@@H]2O[C@H](C)[C@@H](O)[C@H](N(C)C)[C@H]2O)[C@](C)(OC)C[C@@H](C)C(=O)[C@H](C)[C@H]2N(CCCCn3cc(-c4ccccn4)nn3)C(=O)O[C@]12C. The number of carbonyl (C=O) groups excluding carboxylic acids is 4. The van der Waals surface area contributed by atoms with Crippen molar-refractivity contribution in [3.8, 4) is 11.4 Å². The quantitative estimate of drug-likeness (QED) is 0.190. The number of pyridine rings is 1. The molecular weight excluding hydrogens is 764 g/mol. The van der Waals surface area contributed by atoms with Crippen LogP contribution in [-0.2, 0) is 44.6 Å². The molecule has 3 saturated heterocycles. The van der Waals surface area contributed by atoms with Gasteiger partial charge in [0.1, 0.15) is 29.6 Å². The summed E-state index contributed by atoms with van der Waals surface area (Å²) in [5.41, 5.74) is -1.43. The number of aliphatic hydroxyl groups is 2. The Bertz CT molecular complexity index is 1780. The van der Waals surface area contributed by atoms with Crippen molar-refractivity contribution < 1.29 is 53.1 Å². The molecule has 2 aromatic rings. The lowest BCUT2D eigenvalue weighted by molar-refractivity contribution is -0.313. The number of esters is 1. The van der Waals surface area contributed by atoms with Gasteiger partial charge in [0, 0.05) is 44.1 Å². The Morgan fingerprint density at radius 3 is 2.27 bits per heavy atom. The number of hydrogen-bond donors (Lipinski definition) is 2. The molecule has 0 spiro atoms. The molecule has 5 rings (SSSR count). The van der Waals surface area contributed by atoms with E-state index in [1.807, 2.05) is 24.4 Å². The maximum atomic E-state index is 14.7. The molecular formula is C42H64N6O11. The Morgan fingerprint density at radius 1 is 0.949 bits per heavy atom. The van der Waals surface area contributed by atoms with Crippen molar-refractivity contribution in [2.75, 3.05) is 27.7 Å². The molecule has 1 unspecified atom stereocenters. The van der Waals surface area contributed by atoms with E-state index in [4.69, 9.17) is 23.7 Å². The number of aliphatic hydroxyl groups excluding tert-OH is 2. The van der Waals surface area contributed by atoms with Crippen LogP contribution in [0.25, 0.3) is 11.4 Å². The fraction of sp³-hybridized carbons (Fsp3) is 0.738. The molecule has 17 nitrogen and oxygen atoms in total. The summed E-state index contributed by atoms with van der Waals surface area (Å²) in [7, 11) is 4.89. The Hall–Kier alpha value is -3.87. The third-order valence-corrected chi connectivity index (χ3v) is 12.8. The van der Waals surface area contributed by atoms with Crippen LogP contribution >= 0.6 is 0 Å². The Labute approximate surface area is 347 Å². The summed E-state index contributed by atoms with van der Waals surface area (Å²) in [5, 5.41) is 30.8. The first-order chi connectivity index (χ1) is 27.8. The second kappa shape index (κ2) is 18.8. The summed E-state index contributed by atoms with van der Waals surface area (Å²) in [4.78, 5) is 64.4. The molecule has 3 aliphatic rings. The number of ether oxygens (including phenoxy) is 5. The number of nitrogens with zero attached hydrogens (tertiary/aromatic N) is 6. The van der Waals surface area contributed by atoms with Crippen LogP contribution in [0, 0.1) is 23.7 Å². The highest BCUT2D eigenvalue weighted by atomic mass is 16.7. The minimum absolute atomic E-state index is 0.0692. The third-order valence-electron chi connectivity index (χ3n) is 12.8. The van der Waals surface area contributed by atoms with Crippen molar-refractivity contribution in [3.63, 3.8) is 0 Å². The number of likely N-dealkylation sites (N-methyl/N-ethyl adjacent to an activating group) is 1. The van der Waals surface area contributed by atoms with E-state index < -0.39 is 102 Å². The van der Waals surface area contributed by atoms with Crippen molar-refractivity contribution >= 4 is 23.6 Å². The minimum atomic E-state index is -1.44. The van der Waals surface area contributed by atoms with Gasteiger partial charge in [0.25, 0.3) is 0 Å². The number of aromatic nitrogens is 4. The number of cyclic esters (lactones) is 1. The van der Waals surface area contributed by atoms with Gasteiger partial charge in [0.05, 0.1) is 47.9 Å². The smallest absolute Gasteiger partial charge is 0.410 e. The van der Waals surface area contributed by atoms with E-state index >= 15 is 0 Å². The molecule has 2 N–H and O–H groups in total. The zero-order chi connectivity index (χ0) is 43.6. The van der Waals surface area contributed by atoms with E-state index in [2.05, 4.69) is 15.3 Å². The van der Waals surface area contributed by atoms with Crippen LogP contribution in [0.4, 0.5) is 4.79 Å². The van der Waals surface area contributed by atoms with E-state index in [9.17, 15) is 29.4 Å². The predicted molar refractivity (Wildman–Crippen MR) is 213 cm³/mol. The van der Waals surface area contributed by atoms with Crippen molar-refractivity contribution in [2.24, 2.45) is 23.7 Å². The number of unbranched alkanes of at least 4 members (excludes halogenated alkanes) is 1. The van der Waals surface area contributed by atoms with Gasteiger partial charge in [-0.3, -0.25) is 24.0 Å². The van der Waals surface area contributed by atoms with Gasteiger partial charge >= 0.3 is 12.1 Å². The van der Waals surface area contributed by atoms with Crippen LogP contribution in [0.5, 0.6) is 0 Å². The lowest BCUT2D eigenvalue weighted by Crippen LogP contribution is -2.64. The lowest BCUT2D eigenvalue weighted by atomic mass is 9.73. The highest BCUT2D eigenvalue weighted by molar-refractivity contribution is 6.00. The molecule has 17 heteroatoms. The van der Waals surface area contributed by atoms with Gasteiger partial charge in [-0.25, -0.2) is 4.79 Å². The van der Waals surface area contributed by atoms with E-state index in [1.54, 1.807) is 83.2 Å². The number of hydrogen-bond acceptors (Lipinski definition) is 15. The molecule has 0 bridgehead atoms. The van der Waals surface area contributed by atoms with Crippen molar-refractivity contribution in [3.05, 3.63) is 30.6 Å². The number of methoxy groups -OCH3 is 1. The topological polar surface area (TPSA) is 205 Å². The van der Waals surface area contributed by atoms with Gasteiger partial charge in [-0.1, -0.05) is 39.0 Å². The Morgan fingerprint density at radius 2 is 1.64 bits per heavy atom. The summed E-state index contributed by atoms with van der Waals surface area (Å²) in [6.45, 7) is 14.3. The molecule has 2 aromatic heterocycles. The first-order valence-corrected chi connectivity index (χ1v) is 20.8. The van der Waals surface area contributed by atoms with Gasteiger partial charge in [-0.2, -0.15) is 0 Å². The zero-order valence-electron chi connectivity index (χ0n) is 36.3. The molecule has 59 heavy (non-hydrogen) atoms. The standard InChI is InChI=1S/C42H64N6O11/c1-12-30-42(8)36(48(40(54)59-42)20-16-15-19-47-22-29(44-45-47)28-17-13-14-18-43-28)24(3)32(49)23(2)21-41(7,55-11)37(25(4)33(50)26(5)38(53)57-30)58-39-35(52)31(46(9)10)34(51)27(6)56-39/h13-14,17-18,22-27,30-31,34-37,39,51-52H,12,15-16,19-21H2,1-11H3/t23-,24+,25+,26-,27-,30?,31+,34-,35-,36-,37-,39+,41-,42-/m1/s1. The molecule has 3 fully saturated rings. The first kappa shape index (κ1) is 46.2. The summed E-state index contributed by atoms with van der Waals surface area (Å²) < 4.78 is 32.6. The first-order valence-electron chi connectivity index (χ1n) is 20.8. The molecule has 0 saturated carbocycles. The van der Waals surface area contributed by atoms with Crippen LogP contribution in [0.3, 0.4) is 0 Å².